The summed E-state index contributed by atoms with van der Waals surface area (Å²) in [4.78, 5) is 0. The molecule has 0 N–H and O–H groups in total. The lowest BCUT2D eigenvalue weighted by molar-refractivity contribution is -0.314. The highest BCUT2D eigenvalue weighted by molar-refractivity contribution is 4.91. The first-order valence-corrected chi connectivity index (χ1v) is 9.90. The lowest BCUT2D eigenvalue weighted by Crippen LogP contribution is -2.48. The summed E-state index contributed by atoms with van der Waals surface area (Å²) >= 11 is 0. The first kappa shape index (κ1) is 20.3. The molecule has 1 nitrogen and oxygen atoms in total. The molecule has 0 amide bonds. The van der Waals surface area contributed by atoms with E-state index in [-0.39, 0.29) is 18.8 Å². The predicted octanol–water partition coefficient (Wildman–Crippen LogP) is 6.11. The minimum absolute atomic E-state index is 0.00585. The lowest BCUT2D eigenvalue weighted by atomic mass is 9.70. The fourth-order valence-electron chi connectivity index (χ4n) is 5.05. The number of halogens is 6. The number of ether oxygens (including phenoxy) is 1. The van der Waals surface area contributed by atoms with Gasteiger partial charge in [0.15, 0.2) is 6.17 Å². The Hall–Kier alpha value is -0.460. The van der Waals surface area contributed by atoms with Crippen LogP contribution in [0, 0.1) is 17.8 Å². The van der Waals surface area contributed by atoms with Crippen molar-refractivity contribution >= 4 is 0 Å². The Bertz CT molecular complexity index is 443. The average molecular weight is 386 g/mol. The van der Waals surface area contributed by atoms with Gasteiger partial charge in [-0.15, -0.1) is 0 Å². The minimum atomic E-state index is -3.79. The van der Waals surface area contributed by atoms with E-state index in [0.29, 0.717) is 12.3 Å². The van der Waals surface area contributed by atoms with E-state index >= 15 is 0 Å². The monoisotopic (exact) mass is 386 g/mol. The highest BCUT2D eigenvalue weighted by atomic mass is 19.3. The first-order valence-electron chi connectivity index (χ1n) is 9.90. The molecule has 0 radical (unpaired) electrons. The summed E-state index contributed by atoms with van der Waals surface area (Å²) in [5, 5.41) is 0. The van der Waals surface area contributed by atoms with Gasteiger partial charge in [0.25, 0.3) is 0 Å². The lowest BCUT2D eigenvalue weighted by Gasteiger charge is -2.41. The highest BCUT2D eigenvalue weighted by Crippen LogP contribution is 2.47. The zero-order chi connectivity index (χ0) is 18.9. The van der Waals surface area contributed by atoms with Crippen molar-refractivity contribution in [2.75, 3.05) is 0 Å². The second-order valence-corrected chi connectivity index (χ2v) is 8.34. The first-order chi connectivity index (χ1) is 12.3. The maximum absolute atomic E-state index is 14.6. The molecule has 5 atom stereocenters. The van der Waals surface area contributed by atoms with Gasteiger partial charge < -0.3 is 4.74 Å². The summed E-state index contributed by atoms with van der Waals surface area (Å²) in [5.41, 5.74) is 0. The zero-order valence-electron chi connectivity index (χ0n) is 14.9. The Balaban J connectivity index is 1.55. The van der Waals surface area contributed by atoms with Gasteiger partial charge in [-0.3, -0.25) is 0 Å². The molecule has 7 heteroatoms. The molecule has 5 unspecified atom stereocenters. The van der Waals surface area contributed by atoms with Gasteiger partial charge in [-0.1, -0.05) is 32.1 Å². The Morgan fingerprint density at radius 3 is 1.85 bits per heavy atom. The zero-order valence-corrected chi connectivity index (χ0v) is 14.9. The van der Waals surface area contributed by atoms with E-state index in [1.807, 2.05) is 0 Å². The molecule has 0 aromatic heterocycles. The van der Waals surface area contributed by atoms with Crippen LogP contribution >= 0.6 is 0 Å². The van der Waals surface area contributed by atoms with Crippen molar-refractivity contribution < 1.29 is 31.1 Å². The average Bonchev–Trinajstić information content (AvgIpc) is 2.59. The number of hydrogen-bond donors (Lipinski definition) is 0. The molecule has 0 heterocycles. The molecule has 3 rings (SSSR count). The molecule has 0 spiro atoms. The van der Waals surface area contributed by atoms with E-state index in [4.69, 9.17) is 0 Å². The Kier molecular flexibility index (Phi) is 6.45. The van der Waals surface area contributed by atoms with Gasteiger partial charge in [0.05, 0.1) is 12.0 Å². The van der Waals surface area contributed by atoms with E-state index < -0.39 is 55.7 Å². The second-order valence-electron chi connectivity index (χ2n) is 8.34. The molecule has 152 valence electrons. The third kappa shape index (κ3) is 4.50. The highest BCUT2D eigenvalue weighted by Gasteiger charge is 2.52. The van der Waals surface area contributed by atoms with E-state index in [9.17, 15) is 26.3 Å². The van der Waals surface area contributed by atoms with Gasteiger partial charge in [-0.05, 0) is 31.1 Å². The van der Waals surface area contributed by atoms with E-state index in [0.717, 1.165) is 25.7 Å². The van der Waals surface area contributed by atoms with Gasteiger partial charge in [0.1, 0.15) is 18.5 Å². The molecular formula is C19H28F6O. The normalized spacial score (nSPS) is 43.4. The van der Waals surface area contributed by atoms with E-state index in [2.05, 4.69) is 4.74 Å². The molecule has 3 aliphatic carbocycles. The van der Waals surface area contributed by atoms with Crippen molar-refractivity contribution in [2.45, 2.75) is 101 Å². The molecule has 3 saturated carbocycles. The Labute approximate surface area is 150 Å². The second kappa shape index (κ2) is 8.27. The van der Waals surface area contributed by atoms with Crippen LogP contribution in [-0.2, 0) is 4.74 Å². The maximum atomic E-state index is 14.6. The topological polar surface area (TPSA) is 9.23 Å². The predicted molar refractivity (Wildman–Crippen MR) is 86.0 cm³/mol. The van der Waals surface area contributed by atoms with Crippen LogP contribution in [-0.4, -0.2) is 36.9 Å². The molecule has 0 aromatic rings. The van der Waals surface area contributed by atoms with Crippen molar-refractivity contribution in [1.29, 1.82) is 0 Å². The molecule has 26 heavy (non-hydrogen) atoms. The summed E-state index contributed by atoms with van der Waals surface area (Å²) in [7, 11) is 0. The number of alkyl halides is 6. The third-order valence-electron chi connectivity index (χ3n) is 6.55. The molecule has 0 aromatic carbocycles. The van der Waals surface area contributed by atoms with Crippen LogP contribution in [0.3, 0.4) is 0 Å². The Morgan fingerprint density at radius 1 is 0.654 bits per heavy atom. The minimum Gasteiger partial charge on any atom is -0.317 e. The van der Waals surface area contributed by atoms with Gasteiger partial charge in [-0.2, -0.15) is 8.78 Å². The van der Waals surface area contributed by atoms with Gasteiger partial charge in [-0.25, -0.2) is 17.6 Å². The standard InChI is InChI=1S/C19H28F6O/c20-15-8-12(11-4-2-1-3-5-11)6-7-14(15)19(24,25)26-13-9-16(21)18(23)17(22)10-13/h11-18H,1-10H2. The van der Waals surface area contributed by atoms with Crippen LogP contribution in [0.5, 0.6) is 0 Å². The van der Waals surface area contributed by atoms with E-state index in [1.54, 1.807) is 0 Å². The van der Waals surface area contributed by atoms with Crippen molar-refractivity contribution in [3.63, 3.8) is 0 Å². The van der Waals surface area contributed by atoms with Crippen LogP contribution in [0.4, 0.5) is 26.3 Å². The number of rotatable bonds is 4. The molecule has 3 fully saturated rings. The molecular weight excluding hydrogens is 358 g/mol. The SMILES string of the molecule is FC1CC(OC(F)(F)C2CCC(C3CCCCC3)CC2F)CC(F)C1F. The molecule has 0 saturated heterocycles. The van der Waals surface area contributed by atoms with Gasteiger partial charge in [0.2, 0.25) is 0 Å². The summed E-state index contributed by atoms with van der Waals surface area (Å²) in [5.74, 6) is -1.05. The van der Waals surface area contributed by atoms with Crippen LogP contribution < -0.4 is 0 Å². The summed E-state index contributed by atoms with van der Waals surface area (Å²) in [6.07, 6.45) is -8.64. The fourth-order valence-corrected chi connectivity index (χ4v) is 5.05. The van der Waals surface area contributed by atoms with Crippen molar-refractivity contribution in [1.82, 2.24) is 0 Å². The maximum Gasteiger partial charge on any atom is 0.361 e. The van der Waals surface area contributed by atoms with Crippen LogP contribution in [0.1, 0.15) is 64.2 Å². The number of hydrogen-bond acceptors (Lipinski definition) is 1. The van der Waals surface area contributed by atoms with Crippen LogP contribution in [0.15, 0.2) is 0 Å². The van der Waals surface area contributed by atoms with Gasteiger partial charge >= 0.3 is 6.11 Å². The molecule has 0 bridgehead atoms. The fraction of sp³-hybridized carbons (Fsp3) is 1.00. The smallest absolute Gasteiger partial charge is 0.317 e. The summed E-state index contributed by atoms with van der Waals surface area (Å²) < 4.78 is 88.1. The third-order valence-corrected chi connectivity index (χ3v) is 6.55. The van der Waals surface area contributed by atoms with Crippen LogP contribution in [0.25, 0.3) is 0 Å². The molecule has 3 aliphatic rings. The van der Waals surface area contributed by atoms with Gasteiger partial charge in [0, 0.05) is 12.8 Å². The summed E-state index contributed by atoms with van der Waals surface area (Å²) in [6.45, 7) is 0. The van der Waals surface area contributed by atoms with Crippen molar-refractivity contribution in [3.05, 3.63) is 0 Å². The summed E-state index contributed by atoms with van der Waals surface area (Å²) in [6, 6.07) is 0. The molecule has 0 aliphatic heterocycles. The van der Waals surface area contributed by atoms with E-state index in [1.165, 1.54) is 6.42 Å². The van der Waals surface area contributed by atoms with Crippen molar-refractivity contribution in [2.24, 2.45) is 17.8 Å². The quantitative estimate of drug-likeness (QED) is 0.530. The largest absolute Gasteiger partial charge is 0.361 e. The Morgan fingerprint density at radius 2 is 1.27 bits per heavy atom. The van der Waals surface area contributed by atoms with Crippen LogP contribution in [0.2, 0.25) is 0 Å². The van der Waals surface area contributed by atoms with Crippen molar-refractivity contribution in [3.8, 4) is 0 Å².